The first kappa shape index (κ1) is 16.2. The smallest absolute Gasteiger partial charge is 0.252 e. The van der Waals surface area contributed by atoms with Gasteiger partial charge in [-0.1, -0.05) is 23.2 Å². The Bertz CT molecular complexity index is 563. The second kappa shape index (κ2) is 7.04. The third-order valence-electron chi connectivity index (χ3n) is 2.07. The van der Waals surface area contributed by atoms with E-state index in [1.54, 1.807) is 0 Å². The van der Waals surface area contributed by atoms with Crippen LogP contribution in [0.4, 0.5) is 0 Å². The average Bonchev–Trinajstić information content (AvgIpc) is 2.30. The predicted octanol–water partition coefficient (Wildman–Crippen LogP) is 1.06. The topological polar surface area (TPSA) is 88.2 Å². The fourth-order valence-corrected chi connectivity index (χ4v) is 2.09. The molecule has 0 unspecified atom stereocenters. The molecule has 1 heterocycles. The van der Waals surface area contributed by atoms with Crippen molar-refractivity contribution in [3.05, 3.63) is 28.0 Å². The maximum atomic E-state index is 11.8. The largest absolute Gasteiger partial charge is 0.352 e. The Morgan fingerprint density at radius 2 is 2.05 bits per heavy atom. The molecule has 1 amide bonds. The Morgan fingerprint density at radius 1 is 1.37 bits per heavy atom. The first-order chi connectivity index (χ1) is 8.79. The number of nitrogens with one attached hydrogen (secondary N) is 2. The van der Waals surface area contributed by atoms with Crippen LogP contribution in [-0.2, 0) is 10.0 Å². The van der Waals surface area contributed by atoms with Gasteiger partial charge < -0.3 is 5.32 Å². The molecule has 2 N–H and O–H groups in total. The molecule has 0 bridgehead atoms. The van der Waals surface area contributed by atoms with Crippen LogP contribution in [0.15, 0.2) is 12.3 Å². The summed E-state index contributed by atoms with van der Waals surface area (Å²) in [5, 5.41) is 2.99. The number of hydrogen-bond acceptors (Lipinski definition) is 4. The van der Waals surface area contributed by atoms with E-state index in [1.165, 1.54) is 12.3 Å². The lowest BCUT2D eigenvalue weighted by molar-refractivity contribution is 0.0953. The van der Waals surface area contributed by atoms with Gasteiger partial charge in [0, 0.05) is 19.3 Å². The molecule has 0 aliphatic rings. The Kier molecular flexibility index (Phi) is 5.99. The molecule has 0 saturated carbocycles. The molecular formula is C10H13Cl2N3O3S. The summed E-state index contributed by atoms with van der Waals surface area (Å²) in [4.78, 5) is 15.5. The summed E-state index contributed by atoms with van der Waals surface area (Å²) in [6, 6.07) is 1.37. The first-order valence-corrected chi connectivity index (χ1v) is 7.98. The summed E-state index contributed by atoms with van der Waals surface area (Å²) >= 11 is 11.5. The molecule has 0 atom stereocenters. The number of carbonyl (C=O) groups excluding carboxylic acids is 1. The molecule has 0 aromatic carbocycles. The third-order valence-corrected chi connectivity index (χ3v) is 3.31. The normalized spacial score (nSPS) is 11.3. The highest BCUT2D eigenvalue weighted by Crippen LogP contribution is 2.17. The number of carbonyl (C=O) groups is 1. The van der Waals surface area contributed by atoms with E-state index in [0.29, 0.717) is 13.0 Å². The van der Waals surface area contributed by atoms with Crippen LogP contribution in [-0.4, -0.2) is 38.7 Å². The Labute approximate surface area is 121 Å². The number of nitrogens with zero attached hydrogens (tertiary/aromatic N) is 1. The van der Waals surface area contributed by atoms with Crippen molar-refractivity contribution in [2.75, 3.05) is 19.3 Å². The second-order valence-electron chi connectivity index (χ2n) is 3.76. The lowest BCUT2D eigenvalue weighted by Crippen LogP contribution is -2.29. The fourth-order valence-electron chi connectivity index (χ4n) is 1.23. The molecule has 1 rings (SSSR count). The van der Waals surface area contributed by atoms with Gasteiger partial charge in [-0.3, -0.25) is 4.79 Å². The van der Waals surface area contributed by atoms with E-state index in [0.717, 1.165) is 6.26 Å². The van der Waals surface area contributed by atoms with Gasteiger partial charge in [-0.25, -0.2) is 18.1 Å². The minimum atomic E-state index is -3.20. The third kappa shape index (κ3) is 6.20. The van der Waals surface area contributed by atoms with Crippen molar-refractivity contribution in [1.82, 2.24) is 15.0 Å². The van der Waals surface area contributed by atoms with E-state index in [9.17, 15) is 13.2 Å². The molecule has 1 aromatic rings. The van der Waals surface area contributed by atoms with E-state index in [2.05, 4.69) is 15.0 Å². The molecule has 1 aromatic heterocycles. The van der Waals surface area contributed by atoms with Crippen LogP contribution >= 0.6 is 23.2 Å². The molecule has 0 saturated heterocycles. The highest BCUT2D eigenvalue weighted by atomic mass is 35.5. The summed E-state index contributed by atoms with van der Waals surface area (Å²) in [5.41, 5.74) is 0.234. The van der Waals surface area contributed by atoms with Crippen molar-refractivity contribution in [3.63, 3.8) is 0 Å². The SMILES string of the molecule is CS(=O)(=O)NCCCNC(=O)c1cc(Cl)ncc1Cl. The number of rotatable bonds is 6. The summed E-state index contributed by atoms with van der Waals surface area (Å²) in [7, 11) is -3.20. The molecule has 19 heavy (non-hydrogen) atoms. The number of halogens is 2. The second-order valence-corrected chi connectivity index (χ2v) is 6.39. The lowest BCUT2D eigenvalue weighted by Gasteiger charge is -2.07. The van der Waals surface area contributed by atoms with Crippen LogP contribution in [0, 0.1) is 0 Å². The van der Waals surface area contributed by atoms with Gasteiger partial charge in [0.25, 0.3) is 5.91 Å². The van der Waals surface area contributed by atoms with Crippen LogP contribution in [0.2, 0.25) is 10.2 Å². The van der Waals surface area contributed by atoms with Crippen molar-refractivity contribution in [2.45, 2.75) is 6.42 Å². The van der Waals surface area contributed by atoms with Crippen molar-refractivity contribution in [2.24, 2.45) is 0 Å². The summed E-state index contributed by atoms with van der Waals surface area (Å²) < 4.78 is 23.9. The molecule has 0 aliphatic carbocycles. The first-order valence-electron chi connectivity index (χ1n) is 5.33. The van der Waals surface area contributed by atoms with Gasteiger partial charge in [0.05, 0.1) is 16.8 Å². The van der Waals surface area contributed by atoms with Crippen LogP contribution in [0.25, 0.3) is 0 Å². The van der Waals surface area contributed by atoms with Crippen LogP contribution in [0.1, 0.15) is 16.8 Å². The van der Waals surface area contributed by atoms with Crippen molar-refractivity contribution in [1.29, 1.82) is 0 Å². The molecule has 0 aliphatic heterocycles. The summed E-state index contributed by atoms with van der Waals surface area (Å²) in [6.45, 7) is 0.571. The maximum Gasteiger partial charge on any atom is 0.252 e. The average molecular weight is 326 g/mol. The van der Waals surface area contributed by atoms with Gasteiger partial charge in [-0.15, -0.1) is 0 Å². The van der Waals surface area contributed by atoms with Gasteiger partial charge >= 0.3 is 0 Å². The van der Waals surface area contributed by atoms with Gasteiger partial charge in [0.2, 0.25) is 10.0 Å². The fraction of sp³-hybridized carbons (Fsp3) is 0.400. The zero-order valence-electron chi connectivity index (χ0n) is 10.1. The molecule has 0 fully saturated rings. The maximum absolute atomic E-state index is 11.8. The molecule has 106 valence electrons. The minimum absolute atomic E-state index is 0.174. The predicted molar refractivity (Wildman–Crippen MR) is 74.1 cm³/mol. The quantitative estimate of drug-likeness (QED) is 0.604. The Morgan fingerprint density at radius 3 is 2.68 bits per heavy atom. The molecule has 6 nitrogen and oxygen atoms in total. The lowest BCUT2D eigenvalue weighted by atomic mass is 10.2. The molecule has 9 heteroatoms. The Balaban J connectivity index is 2.42. The number of sulfonamides is 1. The van der Waals surface area contributed by atoms with E-state index in [1.807, 2.05) is 0 Å². The van der Waals surface area contributed by atoms with E-state index < -0.39 is 10.0 Å². The summed E-state index contributed by atoms with van der Waals surface area (Å²) in [6.07, 6.45) is 2.84. The highest BCUT2D eigenvalue weighted by Gasteiger charge is 2.11. The Hall–Kier alpha value is -0.890. The highest BCUT2D eigenvalue weighted by molar-refractivity contribution is 7.88. The van der Waals surface area contributed by atoms with Gasteiger partial charge in [0.15, 0.2) is 0 Å². The minimum Gasteiger partial charge on any atom is -0.352 e. The molecular weight excluding hydrogens is 313 g/mol. The van der Waals surface area contributed by atoms with E-state index in [4.69, 9.17) is 23.2 Å². The zero-order chi connectivity index (χ0) is 14.5. The zero-order valence-corrected chi connectivity index (χ0v) is 12.4. The monoisotopic (exact) mass is 325 g/mol. The van der Waals surface area contributed by atoms with Crippen LogP contribution < -0.4 is 10.0 Å². The van der Waals surface area contributed by atoms with Crippen molar-refractivity contribution in [3.8, 4) is 0 Å². The standard InChI is InChI=1S/C10H13Cl2N3O3S/c1-19(17,18)15-4-2-3-13-10(16)7-5-9(12)14-6-8(7)11/h5-6,15H,2-4H2,1H3,(H,13,16). The van der Waals surface area contributed by atoms with E-state index >= 15 is 0 Å². The number of pyridine rings is 1. The number of amides is 1. The number of hydrogen-bond donors (Lipinski definition) is 2. The van der Waals surface area contributed by atoms with E-state index in [-0.39, 0.29) is 28.2 Å². The molecule has 0 spiro atoms. The summed E-state index contributed by atoms with van der Waals surface area (Å²) in [5.74, 6) is -0.381. The van der Waals surface area contributed by atoms with Crippen molar-refractivity contribution >= 4 is 39.1 Å². The van der Waals surface area contributed by atoms with Crippen LogP contribution in [0.3, 0.4) is 0 Å². The van der Waals surface area contributed by atoms with Gasteiger partial charge in [0.1, 0.15) is 5.15 Å². The van der Waals surface area contributed by atoms with Crippen LogP contribution in [0.5, 0.6) is 0 Å². The van der Waals surface area contributed by atoms with Gasteiger partial charge in [-0.2, -0.15) is 0 Å². The van der Waals surface area contributed by atoms with Crippen molar-refractivity contribution < 1.29 is 13.2 Å². The number of aromatic nitrogens is 1. The molecule has 0 radical (unpaired) electrons. The van der Waals surface area contributed by atoms with Gasteiger partial charge in [-0.05, 0) is 12.5 Å².